The lowest BCUT2D eigenvalue weighted by Gasteiger charge is -2.09. The van der Waals surface area contributed by atoms with Gasteiger partial charge in [-0.05, 0) is 24.9 Å². The molecule has 0 aliphatic rings. The van der Waals surface area contributed by atoms with Crippen molar-refractivity contribution < 1.29 is 14.3 Å². The normalized spacial score (nSPS) is 12.3. The SMILES string of the molecule is CC(=O)OC(C)CCC(=O)Cl. The molecule has 0 radical (unpaired) electrons. The summed E-state index contributed by atoms with van der Waals surface area (Å²) in [7, 11) is 0. The van der Waals surface area contributed by atoms with Crippen LogP contribution in [-0.2, 0) is 14.3 Å². The highest BCUT2D eigenvalue weighted by molar-refractivity contribution is 6.63. The largest absolute Gasteiger partial charge is 0.463 e. The van der Waals surface area contributed by atoms with Gasteiger partial charge in [-0.1, -0.05) is 0 Å². The molecule has 0 aromatic rings. The van der Waals surface area contributed by atoms with E-state index >= 15 is 0 Å². The summed E-state index contributed by atoms with van der Waals surface area (Å²) in [5.41, 5.74) is 0. The molecule has 0 spiro atoms. The Morgan fingerprint density at radius 1 is 1.55 bits per heavy atom. The maximum absolute atomic E-state index is 10.4. The van der Waals surface area contributed by atoms with Crippen molar-refractivity contribution in [2.45, 2.75) is 32.8 Å². The molecule has 0 saturated heterocycles. The van der Waals surface area contributed by atoms with E-state index in [0.717, 1.165) is 0 Å². The summed E-state index contributed by atoms with van der Waals surface area (Å²) in [6.07, 6.45) is 0.507. The third-order valence-electron chi connectivity index (χ3n) is 1.11. The van der Waals surface area contributed by atoms with Gasteiger partial charge in [0.25, 0.3) is 0 Å². The maximum atomic E-state index is 10.4. The van der Waals surface area contributed by atoms with Gasteiger partial charge in [0.2, 0.25) is 5.24 Å². The average Bonchev–Trinajstić information content (AvgIpc) is 1.82. The van der Waals surface area contributed by atoms with Gasteiger partial charge in [0.15, 0.2) is 0 Å². The minimum absolute atomic E-state index is 0.227. The van der Waals surface area contributed by atoms with E-state index in [1.54, 1.807) is 6.92 Å². The minimum Gasteiger partial charge on any atom is -0.463 e. The van der Waals surface area contributed by atoms with E-state index in [2.05, 4.69) is 0 Å². The van der Waals surface area contributed by atoms with Crippen molar-refractivity contribution in [1.29, 1.82) is 0 Å². The van der Waals surface area contributed by atoms with Crippen LogP contribution in [0.4, 0.5) is 0 Å². The van der Waals surface area contributed by atoms with Crippen molar-refractivity contribution in [3.63, 3.8) is 0 Å². The molecule has 0 saturated carbocycles. The summed E-state index contributed by atoms with van der Waals surface area (Å²) in [6, 6.07) is 0. The Hall–Kier alpha value is -0.570. The van der Waals surface area contributed by atoms with Crippen molar-refractivity contribution in [2.75, 3.05) is 0 Å². The van der Waals surface area contributed by atoms with E-state index < -0.39 is 5.24 Å². The second-order valence-electron chi connectivity index (χ2n) is 2.31. The molecule has 0 aromatic heterocycles. The lowest BCUT2D eigenvalue weighted by Crippen LogP contribution is -2.12. The Bertz CT molecular complexity index is 156. The maximum Gasteiger partial charge on any atom is 0.302 e. The van der Waals surface area contributed by atoms with Crippen molar-refractivity contribution in [3.05, 3.63) is 0 Å². The number of rotatable bonds is 4. The molecule has 0 aromatic carbocycles. The van der Waals surface area contributed by atoms with Gasteiger partial charge in [0, 0.05) is 13.3 Å². The van der Waals surface area contributed by atoms with Crippen molar-refractivity contribution in [2.24, 2.45) is 0 Å². The van der Waals surface area contributed by atoms with Crippen LogP contribution in [0.5, 0.6) is 0 Å². The van der Waals surface area contributed by atoms with Gasteiger partial charge in [-0.15, -0.1) is 0 Å². The van der Waals surface area contributed by atoms with Crippen molar-refractivity contribution in [1.82, 2.24) is 0 Å². The molecule has 0 fully saturated rings. The molecule has 0 bridgehead atoms. The van der Waals surface area contributed by atoms with Crippen LogP contribution >= 0.6 is 11.6 Å². The standard InChI is InChI=1S/C7H11ClO3/c1-5(11-6(2)9)3-4-7(8)10/h5H,3-4H2,1-2H3. The van der Waals surface area contributed by atoms with Crippen LogP contribution in [0.15, 0.2) is 0 Å². The number of carbonyl (C=O) groups excluding carboxylic acids is 2. The second-order valence-corrected chi connectivity index (χ2v) is 2.74. The van der Waals surface area contributed by atoms with Gasteiger partial charge < -0.3 is 4.74 Å². The zero-order valence-corrected chi connectivity index (χ0v) is 7.35. The molecular formula is C7H11ClO3. The summed E-state index contributed by atoms with van der Waals surface area (Å²) < 4.78 is 4.75. The number of esters is 1. The Morgan fingerprint density at radius 3 is 2.45 bits per heavy atom. The number of halogens is 1. The zero-order chi connectivity index (χ0) is 8.85. The molecule has 0 N–H and O–H groups in total. The van der Waals surface area contributed by atoms with E-state index in [-0.39, 0.29) is 18.5 Å². The molecule has 0 aliphatic heterocycles. The smallest absolute Gasteiger partial charge is 0.302 e. The summed E-state index contributed by atoms with van der Waals surface area (Å²) >= 11 is 5.08. The van der Waals surface area contributed by atoms with Crippen LogP contribution in [-0.4, -0.2) is 17.3 Å². The highest BCUT2D eigenvalue weighted by atomic mass is 35.5. The first-order valence-corrected chi connectivity index (χ1v) is 3.75. The average molecular weight is 179 g/mol. The highest BCUT2D eigenvalue weighted by Gasteiger charge is 2.06. The summed E-state index contributed by atoms with van der Waals surface area (Å²) in [4.78, 5) is 20.6. The molecule has 64 valence electrons. The molecule has 0 heterocycles. The van der Waals surface area contributed by atoms with Crippen LogP contribution in [0.2, 0.25) is 0 Å². The molecule has 4 heteroatoms. The third kappa shape index (κ3) is 7.33. The first-order chi connectivity index (χ1) is 5.02. The van der Waals surface area contributed by atoms with Crippen LogP contribution < -0.4 is 0 Å². The van der Waals surface area contributed by atoms with Gasteiger partial charge in [-0.2, -0.15) is 0 Å². The fourth-order valence-electron chi connectivity index (χ4n) is 0.659. The minimum atomic E-state index is -0.399. The monoisotopic (exact) mass is 178 g/mol. The first kappa shape index (κ1) is 10.4. The summed E-state index contributed by atoms with van der Waals surface area (Å²) in [5.74, 6) is -0.334. The van der Waals surface area contributed by atoms with Gasteiger partial charge in [-0.3, -0.25) is 9.59 Å². The number of carbonyl (C=O) groups is 2. The van der Waals surface area contributed by atoms with E-state index in [9.17, 15) is 9.59 Å². The molecule has 0 rings (SSSR count). The van der Waals surface area contributed by atoms with Gasteiger partial charge in [0.1, 0.15) is 0 Å². The van der Waals surface area contributed by atoms with E-state index in [0.29, 0.717) is 6.42 Å². The molecule has 0 amide bonds. The lowest BCUT2D eigenvalue weighted by atomic mass is 10.2. The molecule has 1 atom stereocenters. The summed E-state index contributed by atoms with van der Waals surface area (Å²) in [5, 5.41) is -0.399. The first-order valence-electron chi connectivity index (χ1n) is 3.38. The topological polar surface area (TPSA) is 43.4 Å². The predicted molar refractivity (Wildman–Crippen MR) is 41.3 cm³/mol. The highest BCUT2D eigenvalue weighted by Crippen LogP contribution is 2.03. The molecule has 0 aliphatic carbocycles. The molecule has 3 nitrogen and oxygen atoms in total. The third-order valence-corrected chi connectivity index (χ3v) is 1.30. The Morgan fingerprint density at radius 2 is 2.09 bits per heavy atom. The molecule has 11 heavy (non-hydrogen) atoms. The van der Waals surface area contributed by atoms with Gasteiger partial charge in [0.05, 0.1) is 6.10 Å². The zero-order valence-electron chi connectivity index (χ0n) is 6.59. The van der Waals surface area contributed by atoms with E-state index in [1.165, 1.54) is 6.92 Å². The van der Waals surface area contributed by atoms with Crippen molar-refractivity contribution >= 4 is 22.8 Å². The number of ether oxygens (including phenoxy) is 1. The Labute approximate surface area is 70.7 Å². The van der Waals surface area contributed by atoms with E-state index in [1.807, 2.05) is 0 Å². The van der Waals surface area contributed by atoms with Gasteiger partial charge in [-0.25, -0.2) is 0 Å². The van der Waals surface area contributed by atoms with Gasteiger partial charge >= 0.3 is 5.97 Å². The lowest BCUT2D eigenvalue weighted by molar-refractivity contribution is -0.146. The molecule has 1 unspecified atom stereocenters. The fraction of sp³-hybridized carbons (Fsp3) is 0.714. The Balaban J connectivity index is 3.44. The van der Waals surface area contributed by atoms with Crippen LogP contribution in [0.3, 0.4) is 0 Å². The predicted octanol–water partition coefficient (Wildman–Crippen LogP) is 1.48. The molecular weight excluding hydrogens is 168 g/mol. The number of hydrogen-bond donors (Lipinski definition) is 0. The van der Waals surface area contributed by atoms with Crippen LogP contribution in [0.25, 0.3) is 0 Å². The Kier molecular flexibility index (Phi) is 4.86. The van der Waals surface area contributed by atoms with Crippen LogP contribution in [0.1, 0.15) is 26.7 Å². The fourth-order valence-corrected chi connectivity index (χ4v) is 0.768. The second kappa shape index (κ2) is 5.13. The summed E-state index contributed by atoms with van der Waals surface area (Å²) in [6.45, 7) is 3.06. The number of hydrogen-bond acceptors (Lipinski definition) is 3. The van der Waals surface area contributed by atoms with Crippen molar-refractivity contribution in [3.8, 4) is 0 Å². The van der Waals surface area contributed by atoms with Crippen LogP contribution in [0, 0.1) is 0 Å². The van der Waals surface area contributed by atoms with E-state index in [4.69, 9.17) is 16.3 Å². The quantitative estimate of drug-likeness (QED) is 0.484.